The van der Waals surface area contributed by atoms with E-state index in [1.165, 1.54) is 0 Å². The molecule has 0 aliphatic rings. The Bertz CT molecular complexity index is 509. The molecule has 0 aromatic heterocycles. The summed E-state index contributed by atoms with van der Waals surface area (Å²) in [5.41, 5.74) is 1.03. The Morgan fingerprint density at radius 3 is 2.29 bits per heavy atom. The molecule has 0 unspecified atom stereocenters. The number of amides is 2. The maximum absolute atomic E-state index is 11.7. The first-order valence-electron chi connectivity index (χ1n) is 6.78. The molecule has 0 saturated carbocycles. The smallest absolute Gasteiger partial charge is 0.315 e. The number of carbonyl (C=O) groups is 3. The van der Waals surface area contributed by atoms with Gasteiger partial charge in [0.1, 0.15) is 6.42 Å². The van der Waals surface area contributed by atoms with Gasteiger partial charge in [0.25, 0.3) is 5.91 Å². The van der Waals surface area contributed by atoms with Crippen molar-refractivity contribution in [3.63, 3.8) is 0 Å². The van der Waals surface area contributed by atoms with Crippen LogP contribution in [0.2, 0.25) is 0 Å². The Labute approximate surface area is 123 Å². The Kier molecular flexibility index (Phi) is 6.39. The minimum absolute atomic E-state index is 0.0569. The van der Waals surface area contributed by atoms with Crippen LogP contribution in [0.4, 0.5) is 5.69 Å². The number of hydrogen-bond donors (Lipinski definition) is 2. The van der Waals surface area contributed by atoms with Gasteiger partial charge in [0.15, 0.2) is 0 Å². The van der Waals surface area contributed by atoms with E-state index in [1.54, 1.807) is 31.2 Å². The predicted octanol–water partition coefficient (Wildman–Crippen LogP) is 1.72. The molecule has 0 radical (unpaired) electrons. The van der Waals surface area contributed by atoms with Crippen LogP contribution in [-0.2, 0) is 14.3 Å². The van der Waals surface area contributed by atoms with E-state index in [9.17, 15) is 14.4 Å². The Morgan fingerprint density at radius 2 is 1.76 bits per heavy atom. The number of anilines is 1. The summed E-state index contributed by atoms with van der Waals surface area (Å²) in [5.74, 6) is -1.19. The lowest BCUT2D eigenvalue weighted by Crippen LogP contribution is -2.30. The maximum atomic E-state index is 11.7. The molecule has 0 aliphatic carbocycles. The summed E-state index contributed by atoms with van der Waals surface area (Å²) in [5, 5.41) is 5.34. The Balaban J connectivity index is 2.56. The number of rotatable bonds is 6. The molecule has 6 nitrogen and oxygen atoms in total. The van der Waals surface area contributed by atoms with Crippen molar-refractivity contribution in [2.45, 2.75) is 33.2 Å². The monoisotopic (exact) mass is 292 g/mol. The summed E-state index contributed by atoms with van der Waals surface area (Å²) in [6, 6.07) is 6.49. The minimum atomic E-state index is -0.567. The van der Waals surface area contributed by atoms with Crippen molar-refractivity contribution >= 4 is 23.5 Å². The van der Waals surface area contributed by atoms with E-state index in [-0.39, 0.29) is 25.0 Å². The molecule has 0 fully saturated rings. The van der Waals surface area contributed by atoms with Gasteiger partial charge in [-0.05, 0) is 45.0 Å². The van der Waals surface area contributed by atoms with Crippen molar-refractivity contribution in [1.29, 1.82) is 0 Å². The highest BCUT2D eigenvalue weighted by molar-refractivity contribution is 6.02. The van der Waals surface area contributed by atoms with Crippen molar-refractivity contribution in [2.24, 2.45) is 0 Å². The molecular weight excluding hydrogens is 272 g/mol. The zero-order chi connectivity index (χ0) is 15.8. The van der Waals surface area contributed by atoms with Crippen molar-refractivity contribution in [3.8, 4) is 0 Å². The number of ether oxygens (including phenoxy) is 1. The van der Waals surface area contributed by atoms with Crippen molar-refractivity contribution < 1.29 is 19.1 Å². The minimum Gasteiger partial charge on any atom is -0.466 e. The van der Waals surface area contributed by atoms with E-state index in [0.29, 0.717) is 11.3 Å². The van der Waals surface area contributed by atoms with Gasteiger partial charge in [-0.1, -0.05) is 0 Å². The lowest BCUT2D eigenvalue weighted by Gasteiger charge is -2.09. The zero-order valence-corrected chi connectivity index (χ0v) is 12.4. The van der Waals surface area contributed by atoms with Crippen LogP contribution in [-0.4, -0.2) is 30.4 Å². The summed E-state index contributed by atoms with van der Waals surface area (Å²) in [6.45, 7) is 5.67. The summed E-state index contributed by atoms with van der Waals surface area (Å²) in [7, 11) is 0. The summed E-state index contributed by atoms with van der Waals surface area (Å²) < 4.78 is 4.69. The highest BCUT2D eigenvalue weighted by atomic mass is 16.5. The van der Waals surface area contributed by atoms with Crippen molar-refractivity contribution in [1.82, 2.24) is 5.32 Å². The first-order valence-corrected chi connectivity index (χ1v) is 6.78. The van der Waals surface area contributed by atoms with Crippen LogP contribution in [0.25, 0.3) is 0 Å². The standard InChI is InChI=1S/C15H20N2O4/c1-4-21-14(19)9-13(18)17-12-7-5-11(6-8-12)15(20)16-10(2)3/h5-8,10H,4,9H2,1-3H3,(H,16,20)(H,17,18). The number of carbonyl (C=O) groups excluding carboxylic acids is 3. The zero-order valence-electron chi connectivity index (χ0n) is 12.4. The molecule has 0 heterocycles. The molecule has 1 aromatic rings. The van der Waals surface area contributed by atoms with Crippen LogP contribution >= 0.6 is 0 Å². The van der Waals surface area contributed by atoms with Crippen LogP contribution in [0.3, 0.4) is 0 Å². The number of benzene rings is 1. The quantitative estimate of drug-likeness (QED) is 0.617. The molecule has 0 spiro atoms. The molecule has 1 rings (SSSR count). The molecule has 0 aliphatic heterocycles. The number of nitrogens with one attached hydrogen (secondary N) is 2. The highest BCUT2D eigenvalue weighted by Gasteiger charge is 2.11. The van der Waals surface area contributed by atoms with Gasteiger partial charge in [-0.15, -0.1) is 0 Å². The van der Waals surface area contributed by atoms with Crippen LogP contribution < -0.4 is 10.6 Å². The molecule has 2 amide bonds. The van der Waals surface area contributed by atoms with Crippen LogP contribution in [0.5, 0.6) is 0 Å². The van der Waals surface area contributed by atoms with Gasteiger partial charge in [0.05, 0.1) is 6.61 Å². The number of hydrogen-bond acceptors (Lipinski definition) is 4. The van der Waals surface area contributed by atoms with E-state index in [2.05, 4.69) is 15.4 Å². The van der Waals surface area contributed by atoms with Crippen LogP contribution in [0, 0.1) is 0 Å². The van der Waals surface area contributed by atoms with Crippen molar-refractivity contribution in [2.75, 3.05) is 11.9 Å². The average Bonchev–Trinajstić information content (AvgIpc) is 2.38. The third-order valence-corrected chi connectivity index (χ3v) is 2.46. The number of esters is 1. The molecule has 114 valence electrons. The third kappa shape index (κ3) is 6.07. The first-order chi connectivity index (χ1) is 9.92. The second-order valence-corrected chi connectivity index (χ2v) is 4.74. The van der Waals surface area contributed by atoms with E-state index in [1.807, 2.05) is 13.8 Å². The molecule has 2 N–H and O–H groups in total. The average molecular weight is 292 g/mol. The Morgan fingerprint density at radius 1 is 1.14 bits per heavy atom. The molecular formula is C15H20N2O4. The lowest BCUT2D eigenvalue weighted by atomic mass is 10.2. The van der Waals surface area contributed by atoms with E-state index >= 15 is 0 Å². The molecule has 21 heavy (non-hydrogen) atoms. The third-order valence-electron chi connectivity index (χ3n) is 2.46. The molecule has 0 saturated heterocycles. The fourth-order valence-electron chi connectivity index (χ4n) is 1.60. The molecule has 1 aromatic carbocycles. The van der Waals surface area contributed by atoms with Crippen LogP contribution in [0.15, 0.2) is 24.3 Å². The van der Waals surface area contributed by atoms with Gasteiger partial charge in [0.2, 0.25) is 5.91 Å². The molecule has 0 bridgehead atoms. The second-order valence-electron chi connectivity index (χ2n) is 4.74. The summed E-state index contributed by atoms with van der Waals surface area (Å²) >= 11 is 0. The fourth-order valence-corrected chi connectivity index (χ4v) is 1.60. The lowest BCUT2D eigenvalue weighted by molar-refractivity contribution is -0.145. The van der Waals surface area contributed by atoms with Gasteiger partial charge >= 0.3 is 5.97 Å². The fraction of sp³-hybridized carbons (Fsp3) is 0.400. The molecule has 6 heteroatoms. The van der Waals surface area contributed by atoms with Gasteiger partial charge in [-0.25, -0.2) is 0 Å². The first kappa shape index (κ1) is 16.7. The van der Waals surface area contributed by atoms with Crippen molar-refractivity contribution in [3.05, 3.63) is 29.8 Å². The predicted molar refractivity (Wildman–Crippen MR) is 78.9 cm³/mol. The largest absolute Gasteiger partial charge is 0.466 e. The van der Waals surface area contributed by atoms with E-state index < -0.39 is 11.9 Å². The second kappa shape index (κ2) is 8.04. The van der Waals surface area contributed by atoms with E-state index in [0.717, 1.165) is 0 Å². The van der Waals surface area contributed by atoms with Gasteiger partial charge in [-0.3, -0.25) is 14.4 Å². The SMILES string of the molecule is CCOC(=O)CC(=O)Nc1ccc(C(=O)NC(C)C)cc1. The summed E-state index contributed by atoms with van der Waals surface area (Å²) in [4.78, 5) is 34.5. The molecule has 0 atom stereocenters. The normalized spacial score (nSPS) is 10.1. The highest BCUT2D eigenvalue weighted by Crippen LogP contribution is 2.10. The van der Waals surface area contributed by atoms with Gasteiger partial charge < -0.3 is 15.4 Å². The maximum Gasteiger partial charge on any atom is 0.315 e. The summed E-state index contributed by atoms with van der Waals surface area (Å²) in [6.07, 6.45) is -0.330. The van der Waals surface area contributed by atoms with Gasteiger partial charge in [0, 0.05) is 17.3 Å². The van der Waals surface area contributed by atoms with E-state index in [4.69, 9.17) is 0 Å². The topological polar surface area (TPSA) is 84.5 Å². The van der Waals surface area contributed by atoms with Crippen LogP contribution in [0.1, 0.15) is 37.6 Å². The van der Waals surface area contributed by atoms with Gasteiger partial charge in [-0.2, -0.15) is 0 Å². The Hall–Kier alpha value is -2.37.